The predicted molar refractivity (Wildman–Crippen MR) is 116 cm³/mol. The van der Waals surface area contributed by atoms with Crippen LogP contribution in [0.3, 0.4) is 0 Å². The molecule has 5 rings (SSSR count). The number of amides is 1. The van der Waals surface area contributed by atoms with Crippen LogP contribution in [-0.4, -0.2) is 61.5 Å². The Morgan fingerprint density at radius 2 is 1.97 bits per heavy atom. The van der Waals surface area contributed by atoms with Crippen LogP contribution in [0, 0.1) is 0 Å². The Bertz CT molecular complexity index is 1150. The number of fused-ring (bicyclic) bond motifs is 2. The van der Waals surface area contributed by atoms with Crippen molar-refractivity contribution in [3.63, 3.8) is 0 Å². The molecule has 1 saturated heterocycles. The molecule has 154 valence electrons. The fraction of sp³-hybridized carbons (Fsp3) is 0.318. The lowest BCUT2D eigenvalue weighted by molar-refractivity contribution is -0.117. The van der Waals surface area contributed by atoms with Crippen molar-refractivity contribution in [2.24, 2.45) is 0 Å². The maximum atomic E-state index is 12.8. The molecule has 3 aromatic rings. The molecule has 0 saturated carbocycles. The van der Waals surface area contributed by atoms with Crippen molar-refractivity contribution in [2.45, 2.75) is 6.42 Å². The molecule has 0 aliphatic carbocycles. The van der Waals surface area contributed by atoms with Gasteiger partial charge in [-0.15, -0.1) is 0 Å². The minimum atomic E-state index is 0.0613. The second-order valence-electron chi connectivity index (χ2n) is 7.78. The van der Waals surface area contributed by atoms with Gasteiger partial charge >= 0.3 is 0 Å². The number of carbonyl (C=O) groups excluding carboxylic acids is 2. The fourth-order valence-electron chi connectivity index (χ4n) is 4.21. The Morgan fingerprint density at radius 1 is 1.17 bits per heavy atom. The maximum Gasteiger partial charge on any atom is 0.231 e. The summed E-state index contributed by atoms with van der Waals surface area (Å²) in [6.45, 7) is 3.33. The number of piperazine rings is 1. The van der Waals surface area contributed by atoms with Gasteiger partial charge in [-0.3, -0.25) is 14.5 Å². The van der Waals surface area contributed by atoms with Gasteiger partial charge in [0.2, 0.25) is 5.91 Å². The predicted octanol–water partition coefficient (Wildman–Crippen LogP) is 3.01. The van der Waals surface area contributed by atoms with E-state index in [1.54, 1.807) is 11.9 Å². The minimum Gasteiger partial charge on any atom is -0.354 e. The molecule has 0 spiro atoms. The van der Waals surface area contributed by atoms with E-state index in [9.17, 15) is 9.59 Å². The molecule has 2 aliphatic heterocycles. The summed E-state index contributed by atoms with van der Waals surface area (Å²) < 4.78 is 5.41. The van der Waals surface area contributed by atoms with Crippen molar-refractivity contribution in [2.75, 3.05) is 49.6 Å². The Labute approximate surface area is 178 Å². The largest absolute Gasteiger partial charge is 0.354 e. The van der Waals surface area contributed by atoms with Crippen molar-refractivity contribution >= 4 is 45.8 Å². The van der Waals surface area contributed by atoms with Gasteiger partial charge in [-0.05, 0) is 35.9 Å². The van der Waals surface area contributed by atoms with Gasteiger partial charge in [0.05, 0.1) is 23.4 Å². The van der Waals surface area contributed by atoms with Crippen LogP contribution in [0.2, 0.25) is 5.02 Å². The molecule has 0 atom stereocenters. The number of ketones is 1. The van der Waals surface area contributed by atoms with Crippen molar-refractivity contribution in [1.82, 2.24) is 10.1 Å². The van der Waals surface area contributed by atoms with Gasteiger partial charge in [-0.25, -0.2) is 0 Å². The molecule has 1 fully saturated rings. The highest BCUT2D eigenvalue weighted by Gasteiger charge is 2.27. The van der Waals surface area contributed by atoms with E-state index in [2.05, 4.69) is 15.0 Å². The van der Waals surface area contributed by atoms with Crippen molar-refractivity contribution in [1.29, 1.82) is 0 Å². The first-order chi connectivity index (χ1) is 14.5. The lowest BCUT2D eigenvalue weighted by Crippen LogP contribution is -2.48. The summed E-state index contributed by atoms with van der Waals surface area (Å²) in [6, 6.07) is 11.1. The second-order valence-corrected chi connectivity index (χ2v) is 8.19. The van der Waals surface area contributed by atoms with Crippen molar-refractivity contribution in [3.8, 4) is 0 Å². The average Bonchev–Trinajstić information content (AvgIpc) is 3.30. The van der Waals surface area contributed by atoms with Gasteiger partial charge < -0.3 is 14.3 Å². The molecule has 7 nitrogen and oxygen atoms in total. The molecule has 2 aliphatic rings. The number of hydrogen-bond donors (Lipinski definition) is 0. The van der Waals surface area contributed by atoms with E-state index >= 15 is 0 Å². The van der Waals surface area contributed by atoms with Gasteiger partial charge in [-0.1, -0.05) is 22.8 Å². The Hall–Kier alpha value is -2.90. The molecule has 0 radical (unpaired) electrons. The Kier molecular flexibility index (Phi) is 4.72. The van der Waals surface area contributed by atoms with Crippen LogP contribution in [0.25, 0.3) is 11.0 Å². The number of nitrogens with zero attached hydrogens (tertiary/aromatic N) is 4. The van der Waals surface area contributed by atoms with E-state index < -0.39 is 0 Å². The van der Waals surface area contributed by atoms with Crippen LogP contribution in [0.4, 0.5) is 11.5 Å². The number of carbonyl (C=O) groups is 2. The smallest absolute Gasteiger partial charge is 0.231 e. The molecule has 3 heterocycles. The topological polar surface area (TPSA) is 69.9 Å². The van der Waals surface area contributed by atoms with Gasteiger partial charge in [0.15, 0.2) is 17.2 Å². The summed E-state index contributed by atoms with van der Waals surface area (Å²) in [6.07, 6.45) is 0.361. The number of Topliss-reactive ketones (excluding diaryl/α,β-unsaturated/α-hetero) is 1. The molecule has 1 amide bonds. The zero-order chi connectivity index (χ0) is 20.8. The number of halogens is 1. The number of hydrogen-bond acceptors (Lipinski definition) is 6. The third-order valence-corrected chi connectivity index (χ3v) is 6.26. The number of likely N-dealkylation sites (N-methyl/N-ethyl adjacent to an activating group) is 1. The Morgan fingerprint density at radius 3 is 2.77 bits per heavy atom. The first kappa shape index (κ1) is 19.1. The highest BCUT2D eigenvalue weighted by atomic mass is 35.5. The van der Waals surface area contributed by atoms with Crippen LogP contribution in [0.1, 0.15) is 15.9 Å². The zero-order valence-electron chi connectivity index (χ0n) is 16.6. The lowest BCUT2D eigenvalue weighted by atomic mass is 10.0. The van der Waals surface area contributed by atoms with Gasteiger partial charge in [-0.2, -0.15) is 0 Å². The van der Waals surface area contributed by atoms with E-state index in [-0.39, 0.29) is 11.7 Å². The quantitative estimate of drug-likeness (QED) is 0.600. The second kappa shape index (κ2) is 7.41. The van der Waals surface area contributed by atoms with E-state index in [0.29, 0.717) is 29.1 Å². The van der Waals surface area contributed by atoms with Crippen LogP contribution in [0.15, 0.2) is 40.9 Å². The number of aromatic nitrogens is 1. The number of anilines is 2. The summed E-state index contributed by atoms with van der Waals surface area (Å²) >= 11 is 6.34. The first-order valence-electron chi connectivity index (χ1n) is 9.95. The normalized spacial score (nSPS) is 17.1. The zero-order valence-corrected chi connectivity index (χ0v) is 17.4. The standard InChI is InChI=1S/C22H21ClN4O3/c1-25-17-6-5-14(11-15(17)12-20(25)29)18(28)13-26-7-9-27(10-8-26)22-21-16(23)3-2-4-19(21)30-24-22/h2-6,11H,7-10,12-13H2,1H3. The summed E-state index contributed by atoms with van der Waals surface area (Å²) in [5.41, 5.74) is 3.15. The monoisotopic (exact) mass is 424 g/mol. The molecule has 1 aromatic heterocycles. The summed E-state index contributed by atoms with van der Waals surface area (Å²) in [5.74, 6) is 0.892. The highest BCUT2D eigenvalue weighted by Crippen LogP contribution is 2.33. The summed E-state index contributed by atoms with van der Waals surface area (Å²) in [5, 5.41) is 5.67. The minimum absolute atomic E-state index is 0.0613. The van der Waals surface area contributed by atoms with Crippen molar-refractivity contribution in [3.05, 3.63) is 52.5 Å². The SMILES string of the molecule is CN1C(=O)Cc2cc(C(=O)CN3CCN(c4noc5cccc(Cl)c45)CC3)ccc21. The molecule has 0 bridgehead atoms. The lowest BCUT2D eigenvalue weighted by Gasteiger charge is -2.34. The molecule has 0 unspecified atom stereocenters. The van der Waals surface area contributed by atoms with Crippen LogP contribution >= 0.6 is 11.6 Å². The van der Waals surface area contributed by atoms with Crippen LogP contribution in [-0.2, 0) is 11.2 Å². The summed E-state index contributed by atoms with van der Waals surface area (Å²) in [7, 11) is 1.76. The van der Waals surface area contributed by atoms with E-state index in [4.69, 9.17) is 16.1 Å². The van der Waals surface area contributed by atoms with E-state index in [0.717, 1.165) is 48.6 Å². The van der Waals surface area contributed by atoms with Crippen LogP contribution in [0.5, 0.6) is 0 Å². The van der Waals surface area contributed by atoms with E-state index in [1.165, 1.54) is 0 Å². The van der Waals surface area contributed by atoms with Gasteiger partial charge in [0.25, 0.3) is 0 Å². The molecule has 0 N–H and O–H groups in total. The molecule has 8 heteroatoms. The van der Waals surface area contributed by atoms with Gasteiger partial charge in [0, 0.05) is 44.5 Å². The molecule has 30 heavy (non-hydrogen) atoms. The van der Waals surface area contributed by atoms with E-state index in [1.807, 2.05) is 36.4 Å². The molecule has 2 aromatic carbocycles. The third-order valence-electron chi connectivity index (χ3n) is 5.95. The number of benzene rings is 2. The fourth-order valence-corrected chi connectivity index (χ4v) is 4.46. The average molecular weight is 425 g/mol. The third kappa shape index (κ3) is 3.24. The van der Waals surface area contributed by atoms with Gasteiger partial charge in [0.1, 0.15) is 0 Å². The maximum absolute atomic E-state index is 12.8. The molecular formula is C22H21ClN4O3. The Balaban J connectivity index is 1.24. The summed E-state index contributed by atoms with van der Waals surface area (Å²) in [4.78, 5) is 30.6. The molecular weight excluding hydrogens is 404 g/mol. The number of rotatable bonds is 4. The highest BCUT2D eigenvalue weighted by molar-refractivity contribution is 6.36. The van der Waals surface area contributed by atoms with Crippen molar-refractivity contribution < 1.29 is 14.1 Å². The first-order valence-corrected chi connectivity index (χ1v) is 10.3. The van der Waals surface area contributed by atoms with Crippen LogP contribution < -0.4 is 9.80 Å².